The van der Waals surface area contributed by atoms with Gasteiger partial charge in [0.15, 0.2) is 9.84 Å². The zero-order valence-corrected chi connectivity index (χ0v) is 11.9. The average Bonchev–Trinajstić information content (AvgIpc) is 2.73. The molecule has 2 fully saturated rings. The lowest BCUT2D eigenvalue weighted by atomic mass is 10.2. The third-order valence-electron chi connectivity index (χ3n) is 3.68. The van der Waals surface area contributed by atoms with Crippen LogP contribution in [0.4, 0.5) is 4.79 Å². The second kappa shape index (κ2) is 5.57. The van der Waals surface area contributed by atoms with Gasteiger partial charge in [-0.1, -0.05) is 0 Å². The quantitative estimate of drug-likeness (QED) is 0.655. The van der Waals surface area contributed by atoms with Gasteiger partial charge in [0.1, 0.15) is 0 Å². The highest BCUT2D eigenvalue weighted by molar-refractivity contribution is 7.91. The van der Waals surface area contributed by atoms with E-state index in [0.717, 1.165) is 0 Å². The van der Waals surface area contributed by atoms with Crippen LogP contribution in [0.2, 0.25) is 0 Å². The van der Waals surface area contributed by atoms with Gasteiger partial charge in [-0.05, 0) is 6.42 Å². The van der Waals surface area contributed by atoms with E-state index in [9.17, 15) is 18.0 Å². The van der Waals surface area contributed by atoms with E-state index in [1.807, 2.05) is 0 Å². The lowest BCUT2D eigenvalue weighted by molar-refractivity contribution is -0.138. The molecule has 2 aliphatic rings. The van der Waals surface area contributed by atoms with E-state index < -0.39 is 21.8 Å². The number of nitrogens with zero attached hydrogens (tertiary/aromatic N) is 2. The summed E-state index contributed by atoms with van der Waals surface area (Å²) in [5, 5.41) is 8.88. The molecule has 2 rings (SSSR count). The van der Waals surface area contributed by atoms with Gasteiger partial charge in [-0.3, -0.25) is 4.79 Å². The van der Waals surface area contributed by atoms with Crippen LogP contribution in [0, 0.1) is 0 Å². The number of amides is 2. The average molecular weight is 305 g/mol. The molecule has 2 unspecified atom stereocenters. The molecular weight excluding hydrogens is 286 g/mol. The molecule has 2 saturated heterocycles. The SMILES string of the molecule is NC1CCN(C(=O)N2CCS(=O)(=O)CC2CC(=O)O)C1. The molecular formula is C11H19N3O5S. The zero-order chi connectivity index (χ0) is 14.9. The van der Waals surface area contributed by atoms with E-state index in [4.69, 9.17) is 10.8 Å². The number of carboxylic acids is 1. The second-order valence-corrected chi connectivity index (χ2v) is 7.57. The van der Waals surface area contributed by atoms with Gasteiger partial charge < -0.3 is 20.6 Å². The Hall–Kier alpha value is -1.35. The number of carbonyl (C=O) groups is 2. The Morgan fingerprint density at radius 1 is 1.30 bits per heavy atom. The van der Waals surface area contributed by atoms with Crippen LogP contribution >= 0.6 is 0 Å². The summed E-state index contributed by atoms with van der Waals surface area (Å²) in [5.41, 5.74) is 5.75. The molecule has 2 amide bonds. The molecule has 8 nitrogen and oxygen atoms in total. The maximum atomic E-state index is 12.4. The molecule has 0 aromatic carbocycles. The van der Waals surface area contributed by atoms with Crippen molar-refractivity contribution >= 4 is 21.8 Å². The summed E-state index contributed by atoms with van der Waals surface area (Å²) < 4.78 is 23.2. The van der Waals surface area contributed by atoms with Crippen LogP contribution in [0.15, 0.2) is 0 Å². The van der Waals surface area contributed by atoms with Crippen molar-refractivity contribution in [2.24, 2.45) is 5.73 Å². The van der Waals surface area contributed by atoms with Gasteiger partial charge in [0, 0.05) is 25.7 Å². The van der Waals surface area contributed by atoms with E-state index in [2.05, 4.69) is 0 Å². The van der Waals surface area contributed by atoms with Crippen molar-refractivity contribution in [3.63, 3.8) is 0 Å². The minimum atomic E-state index is -3.28. The first-order valence-electron chi connectivity index (χ1n) is 6.52. The summed E-state index contributed by atoms with van der Waals surface area (Å²) in [6.07, 6.45) is 0.354. The van der Waals surface area contributed by atoms with Crippen LogP contribution in [0.3, 0.4) is 0 Å². The molecule has 0 aliphatic carbocycles. The normalized spacial score (nSPS) is 29.4. The van der Waals surface area contributed by atoms with Crippen molar-refractivity contribution in [2.45, 2.75) is 24.9 Å². The topological polar surface area (TPSA) is 121 Å². The molecule has 0 aromatic rings. The van der Waals surface area contributed by atoms with Gasteiger partial charge in [-0.2, -0.15) is 0 Å². The van der Waals surface area contributed by atoms with Gasteiger partial charge in [0.25, 0.3) is 0 Å². The lowest BCUT2D eigenvalue weighted by Gasteiger charge is -2.37. The number of aliphatic carboxylic acids is 1. The molecule has 2 atom stereocenters. The Kier molecular flexibility index (Phi) is 4.19. The Balaban J connectivity index is 2.11. The van der Waals surface area contributed by atoms with E-state index in [1.54, 1.807) is 4.90 Å². The largest absolute Gasteiger partial charge is 0.481 e. The van der Waals surface area contributed by atoms with Gasteiger partial charge in [0.2, 0.25) is 0 Å². The monoisotopic (exact) mass is 305 g/mol. The first-order chi connectivity index (χ1) is 9.28. The first-order valence-corrected chi connectivity index (χ1v) is 8.34. The molecule has 2 aliphatic heterocycles. The number of carbonyl (C=O) groups excluding carboxylic acids is 1. The summed E-state index contributed by atoms with van der Waals surface area (Å²) in [6.45, 7) is 1.01. The molecule has 0 radical (unpaired) electrons. The number of hydrogen-bond acceptors (Lipinski definition) is 5. The van der Waals surface area contributed by atoms with Crippen molar-refractivity contribution in [1.29, 1.82) is 0 Å². The van der Waals surface area contributed by atoms with Gasteiger partial charge in [-0.15, -0.1) is 0 Å². The standard InChI is InChI=1S/C11H19N3O5S/c12-8-1-2-13(6-8)11(17)14-3-4-20(18,19)7-9(14)5-10(15)16/h8-9H,1-7,12H2,(H,15,16). The maximum absolute atomic E-state index is 12.4. The number of hydrogen-bond donors (Lipinski definition) is 2. The van der Waals surface area contributed by atoms with E-state index >= 15 is 0 Å². The molecule has 2 heterocycles. The van der Waals surface area contributed by atoms with Gasteiger partial charge >= 0.3 is 12.0 Å². The van der Waals surface area contributed by atoms with E-state index in [-0.39, 0.29) is 36.5 Å². The number of rotatable bonds is 2. The van der Waals surface area contributed by atoms with Crippen molar-refractivity contribution in [3.8, 4) is 0 Å². The highest BCUT2D eigenvalue weighted by Gasteiger charge is 2.38. The predicted octanol–water partition coefficient (Wildman–Crippen LogP) is -1.29. The van der Waals surface area contributed by atoms with Crippen LogP contribution in [0.1, 0.15) is 12.8 Å². The minimum absolute atomic E-state index is 0.0465. The number of likely N-dealkylation sites (tertiary alicyclic amines) is 1. The lowest BCUT2D eigenvalue weighted by Crippen LogP contribution is -2.55. The van der Waals surface area contributed by atoms with Crippen LogP contribution in [0.5, 0.6) is 0 Å². The highest BCUT2D eigenvalue weighted by atomic mass is 32.2. The number of sulfone groups is 1. The van der Waals surface area contributed by atoms with Crippen LogP contribution in [0.25, 0.3) is 0 Å². The van der Waals surface area contributed by atoms with E-state index in [0.29, 0.717) is 19.5 Å². The summed E-state index contributed by atoms with van der Waals surface area (Å²) in [7, 11) is -3.28. The number of urea groups is 1. The Labute approximate surface area is 117 Å². The fraction of sp³-hybridized carbons (Fsp3) is 0.818. The number of nitrogens with two attached hydrogens (primary N) is 1. The third kappa shape index (κ3) is 3.40. The molecule has 0 spiro atoms. The van der Waals surface area contributed by atoms with Crippen molar-refractivity contribution in [1.82, 2.24) is 9.80 Å². The summed E-state index contributed by atoms with van der Waals surface area (Å²) in [6, 6.07) is -1.17. The van der Waals surface area contributed by atoms with E-state index in [1.165, 1.54) is 4.90 Å². The van der Waals surface area contributed by atoms with Gasteiger partial charge in [-0.25, -0.2) is 13.2 Å². The third-order valence-corrected chi connectivity index (χ3v) is 5.38. The van der Waals surface area contributed by atoms with Crippen LogP contribution in [-0.2, 0) is 14.6 Å². The molecule has 114 valence electrons. The molecule has 20 heavy (non-hydrogen) atoms. The fourth-order valence-electron chi connectivity index (χ4n) is 2.65. The highest BCUT2D eigenvalue weighted by Crippen LogP contribution is 2.19. The number of carboxylic acid groups (broad SMARTS) is 1. The predicted molar refractivity (Wildman–Crippen MR) is 71.0 cm³/mol. The van der Waals surface area contributed by atoms with Crippen molar-refractivity contribution in [3.05, 3.63) is 0 Å². The maximum Gasteiger partial charge on any atom is 0.320 e. The second-order valence-electron chi connectivity index (χ2n) is 5.34. The zero-order valence-electron chi connectivity index (χ0n) is 11.1. The first kappa shape index (κ1) is 15.0. The molecule has 0 aromatic heterocycles. The Morgan fingerprint density at radius 3 is 2.55 bits per heavy atom. The van der Waals surface area contributed by atoms with Crippen molar-refractivity contribution in [2.75, 3.05) is 31.1 Å². The molecule has 9 heteroatoms. The Bertz CT molecular complexity index is 506. The van der Waals surface area contributed by atoms with Crippen LogP contribution < -0.4 is 5.73 Å². The van der Waals surface area contributed by atoms with Gasteiger partial charge in [0.05, 0.1) is 24.0 Å². The molecule has 3 N–H and O–H groups in total. The minimum Gasteiger partial charge on any atom is -0.481 e. The van der Waals surface area contributed by atoms with Crippen molar-refractivity contribution < 1.29 is 23.1 Å². The summed E-state index contributed by atoms with van der Waals surface area (Å²) in [5.74, 6) is -1.51. The fourth-order valence-corrected chi connectivity index (χ4v) is 4.18. The Morgan fingerprint density at radius 2 is 2.00 bits per heavy atom. The van der Waals surface area contributed by atoms with Crippen LogP contribution in [-0.4, -0.2) is 78.5 Å². The molecule has 0 bridgehead atoms. The molecule has 0 saturated carbocycles. The summed E-state index contributed by atoms with van der Waals surface area (Å²) in [4.78, 5) is 26.1. The summed E-state index contributed by atoms with van der Waals surface area (Å²) >= 11 is 0. The smallest absolute Gasteiger partial charge is 0.320 e.